The molecule has 0 saturated carbocycles. The summed E-state index contributed by atoms with van der Waals surface area (Å²) in [5, 5.41) is 12.5. The molecule has 0 saturated heterocycles. The predicted octanol–water partition coefficient (Wildman–Crippen LogP) is 3.24. The molecule has 0 aliphatic rings. The number of terminal acetylenes is 1. The summed E-state index contributed by atoms with van der Waals surface area (Å²) in [5.74, 6) is 1.69. The third kappa shape index (κ3) is 5.06. The molecule has 2 rings (SSSR count). The van der Waals surface area contributed by atoms with Crippen LogP contribution in [0.2, 0.25) is 0 Å². The Balaban J connectivity index is 2.15. The molecule has 0 atom stereocenters. The lowest BCUT2D eigenvalue weighted by Gasteiger charge is -2.10. The zero-order valence-corrected chi connectivity index (χ0v) is 15.7. The van der Waals surface area contributed by atoms with Crippen molar-refractivity contribution in [1.82, 2.24) is 5.43 Å². The highest BCUT2D eigenvalue weighted by atomic mass is 79.9. The number of nitrogens with one attached hydrogen (secondary N) is 1. The Morgan fingerprint density at radius 3 is 2.81 bits per heavy atom. The molecule has 0 aromatic heterocycles. The highest BCUT2D eigenvalue weighted by molar-refractivity contribution is 9.10. The number of hydrogen-bond acceptors (Lipinski definition) is 5. The minimum Gasteiger partial charge on any atom is -0.493 e. The fourth-order valence-electron chi connectivity index (χ4n) is 2.03. The Bertz CT molecular complexity index is 977. The Labute approximate surface area is 163 Å². The molecule has 2 aromatic carbocycles. The van der Waals surface area contributed by atoms with Gasteiger partial charge in [-0.15, -0.1) is 6.42 Å². The zero-order valence-electron chi connectivity index (χ0n) is 14.1. The van der Waals surface area contributed by atoms with Gasteiger partial charge >= 0.3 is 0 Å². The van der Waals surface area contributed by atoms with Gasteiger partial charge in [0.25, 0.3) is 5.91 Å². The largest absolute Gasteiger partial charge is 0.493 e. The molecule has 27 heavy (non-hydrogen) atoms. The third-order valence-corrected chi connectivity index (χ3v) is 3.99. The van der Waals surface area contributed by atoms with Gasteiger partial charge in [-0.1, -0.05) is 5.92 Å². The van der Waals surface area contributed by atoms with Crippen LogP contribution < -0.4 is 14.9 Å². The first kappa shape index (κ1) is 20.0. The number of nitriles is 1. The van der Waals surface area contributed by atoms with Gasteiger partial charge in [0, 0.05) is 10.0 Å². The summed E-state index contributed by atoms with van der Waals surface area (Å²) in [6.45, 7) is 0.0858. The summed E-state index contributed by atoms with van der Waals surface area (Å²) in [6, 6.07) is 8.62. The lowest BCUT2D eigenvalue weighted by molar-refractivity contribution is 0.0951. The number of rotatable bonds is 6. The maximum atomic E-state index is 13.8. The molecule has 0 spiro atoms. The van der Waals surface area contributed by atoms with E-state index < -0.39 is 11.7 Å². The van der Waals surface area contributed by atoms with Crippen LogP contribution in [0.25, 0.3) is 0 Å². The average molecular weight is 430 g/mol. The topological polar surface area (TPSA) is 83.7 Å². The fourth-order valence-corrected chi connectivity index (χ4v) is 2.46. The van der Waals surface area contributed by atoms with Gasteiger partial charge < -0.3 is 9.47 Å². The minimum atomic E-state index is -0.806. The lowest BCUT2D eigenvalue weighted by Crippen LogP contribution is -2.19. The first-order chi connectivity index (χ1) is 13.0. The van der Waals surface area contributed by atoms with Crippen molar-refractivity contribution in [3.63, 3.8) is 0 Å². The maximum Gasteiger partial charge on any atom is 0.274 e. The molecule has 0 radical (unpaired) electrons. The van der Waals surface area contributed by atoms with E-state index in [0.29, 0.717) is 21.5 Å². The number of nitrogens with zero attached hydrogens (tertiary/aromatic N) is 2. The van der Waals surface area contributed by atoms with E-state index in [1.54, 1.807) is 18.2 Å². The maximum absolute atomic E-state index is 13.8. The van der Waals surface area contributed by atoms with Crippen molar-refractivity contribution in [2.45, 2.75) is 0 Å². The van der Waals surface area contributed by atoms with E-state index in [9.17, 15) is 9.18 Å². The molecule has 2 aromatic rings. The van der Waals surface area contributed by atoms with Crippen molar-refractivity contribution in [2.75, 3.05) is 13.7 Å². The van der Waals surface area contributed by atoms with E-state index in [4.69, 9.17) is 21.2 Å². The minimum absolute atomic E-state index is 0.0858. The molecule has 8 heteroatoms. The van der Waals surface area contributed by atoms with Crippen LogP contribution in [-0.2, 0) is 0 Å². The van der Waals surface area contributed by atoms with Crippen molar-refractivity contribution in [2.24, 2.45) is 5.10 Å². The van der Waals surface area contributed by atoms with Gasteiger partial charge in [0.1, 0.15) is 12.4 Å². The summed E-state index contributed by atoms with van der Waals surface area (Å²) in [7, 11) is 1.47. The molecule has 0 aliphatic carbocycles. The van der Waals surface area contributed by atoms with Crippen LogP contribution >= 0.6 is 15.9 Å². The van der Waals surface area contributed by atoms with E-state index in [-0.39, 0.29) is 17.7 Å². The SMILES string of the molecule is C#CCOc1cc(Br)c(/C=N\NC(=O)c2ccc(C#N)cc2F)cc1OC. The van der Waals surface area contributed by atoms with Crippen molar-refractivity contribution in [3.05, 3.63) is 57.3 Å². The molecule has 1 N–H and O–H groups in total. The quantitative estimate of drug-likeness (QED) is 0.433. The van der Waals surface area contributed by atoms with Crippen LogP contribution in [-0.4, -0.2) is 25.8 Å². The van der Waals surface area contributed by atoms with Crippen LogP contribution in [0.1, 0.15) is 21.5 Å². The van der Waals surface area contributed by atoms with Gasteiger partial charge in [-0.2, -0.15) is 10.4 Å². The van der Waals surface area contributed by atoms with Crippen molar-refractivity contribution < 1.29 is 18.7 Å². The number of ether oxygens (including phenoxy) is 2. The first-order valence-corrected chi connectivity index (χ1v) is 8.26. The smallest absolute Gasteiger partial charge is 0.274 e. The highest BCUT2D eigenvalue weighted by Gasteiger charge is 2.12. The van der Waals surface area contributed by atoms with Gasteiger partial charge in [0.05, 0.1) is 30.5 Å². The molecule has 0 heterocycles. The van der Waals surface area contributed by atoms with Gasteiger partial charge in [0.15, 0.2) is 11.5 Å². The Morgan fingerprint density at radius 2 is 2.19 bits per heavy atom. The van der Waals surface area contributed by atoms with E-state index in [2.05, 4.69) is 32.4 Å². The Hall–Kier alpha value is -3.36. The summed E-state index contributed by atoms with van der Waals surface area (Å²) < 4.78 is 25.1. The molecular formula is C19H13BrFN3O3. The number of benzene rings is 2. The fraction of sp³-hybridized carbons (Fsp3) is 0.105. The van der Waals surface area contributed by atoms with Gasteiger partial charge in [0.2, 0.25) is 0 Å². The normalized spacial score (nSPS) is 10.1. The number of halogens is 2. The van der Waals surface area contributed by atoms with Crippen LogP contribution in [0.3, 0.4) is 0 Å². The lowest BCUT2D eigenvalue weighted by atomic mass is 10.1. The molecular weight excluding hydrogens is 417 g/mol. The molecule has 0 bridgehead atoms. The van der Waals surface area contributed by atoms with E-state index in [1.165, 1.54) is 25.5 Å². The van der Waals surface area contributed by atoms with E-state index >= 15 is 0 Å². The number of carbonyl (C=O) groups excluding carboxylic acids is 1. The van der Waals surface area contributed by atoms with Crippen molar-refractivity contribution in [3.8, 4) is 29.9 Å². The number of hydrogen-bond donors (Lipinski definition) is 1. The predicted molar refractivity (Wildman–Crippen MR) is 101 cm³/mol. The van der Waals surface area contributed by atoms with Crippen LogP contribution in [0, 0.1) is 29.5 Å². The summed E-state index contributed by atoms with van der Waals surface area (Å²) >= 11 is 3.36. The highest BCUT2D eigenvalue weighted by Crippen LogP contribution is 2.32. The van der Waals surface area contributed by atoms with Crippen LogP contribution in [0.5, 0.6) is 11.5 Å². The van der Waals surface area contributed by atoms with Crippen molar-refractivity contribution >= 4 is 28.1 Å². The molecule has 0 fully saturated rings. The summed E-state index contributed by atoms with van der Waals surface area (Å²) in [4.78, 5) is 12.0. The number of carbonyl (C=O) groups is 1. The molecule has 0 unspecified atom stereocenters. The van der Waals surface area contributed by atoms with Crippen LogP contribution in [0.4, 0.5) is 4.39 Å². The van der Waals surface area contributed by atoms with Gasteiger partial charge in [-0.25, -0.2) is 9.82 Å². The first-order valence-electron chi connectivity index (χ1n) is 7.47. The van der Waals surface area contributed by atoms with E-state index in [0.717, 1.165) is 6.07 Å². The second-order valence-corrected chi connectivity index (χ2v) is 5.88. The van der Waals surface area contributed by atoms with Gasteiger partial charge in [-0.3, -0.25) is 4.79 Å². The molecule has 136 valence electrons. The Kier molecular flexibility index (Phi) is 6.93. The van der Waals surface area contributed by atoms with E-state index in [1.807, 2.05) is 0 Å². The number of methoxy groups -OCH3 is 1. The van der Waals surface area contributed by atoms with Crippen molar-refractivity contribution in [1.29, 1.82) is 5.26 Å². The second-order valence-electron chi connectivity index (χ2n) is 5.02. The molecule has 1 amide bonds. The summed E-state index contributed by atoms with van der Waals surface area (Å²) in [5.41, 5.74) is 2.71. The molecule has 0 aliphatic heterocycles. The molecule has 6 nitrogen and oxygen atoms in total. The summed E-state index contributed by atoms with van der Waals surface area (Å²) in [6.07, 6.45) is 6.53. The van der Waals surface area contributed by atoms with Crippen LogP contribution in [0.15, 0.2) is 39.9 Å². The van der Waals surface area contributed by atoms with Gasteiger partial charge in [-0.05, 0) is 46.3 Å². The monoisotopic (exact) mass is 429 g/mol. The Morgan fingerprint density at radius 1 is 1.41 bits per heavy atom. The average Bonchev–Trinajstić information content (AvgIpc) is 2.67. The standard InChI is InChI=1S/C19H13BrFN3O3/c1-3-6-27-18-9-15(20)13(8-17(18)26-2)11-23-24-19(25)14-5-4-12(10-22)7-16(14)21/h1,4-5,7-9,11H,6H2,2H3,(H,24,25)/b23-11-. The number of amides is 1. The zero-order chi connectivity index (χ0) is 19.8. The third-order valence-electron chi connectivity index (χ3n) is 3.31. The number of hydrazone groups is 1. The second kappa shape index (κ2) is 9.37.